The molecule has 0 rings (SSSR count). The van der Waals surface area contributed by atoms with E-state index in [0.29, 0.717) is 6.32 Å². The van der Waals surface area contributed by atoms with Crippen LogP contribution in [0, 0.1) is 39.2 Å². The second kappa shape index (κ2) is 116. The first-order valence-electron chi connectivity index (χ1n) is 1.41. The van der Waals surface area contributed by atoms with Crippen LogP contribution in [0.5, 0.6) is 0 Å². The van der Waals surface area contributed by atoms with Gasteiger partial charge in [0.2, 0.25) is 0 Å². The van der Waals surface area contributed by atoms with Crippen LogP contribution in [0.3, 0.4) is 0 Å². The van der Waals surface area contributed by atoms with Gasteiger partial charge in [0, 0.05) is 32.3 Å². The molecule has 0 bridgehead atoms. The molecule has 0 atom stereocenters. The van der Waals surface area contributed by atoms with E-state index in [1.807, 2.05) is 0 Å². The number of hydrogen-bond donors (Lipinski definition) is 0. The zero-order valence-corrected chi connectivity index (χ0v) is 8.08. The Morgan fingerprint density at radius 1 is 0.818 bits per heavy atom. The van der Waals surface area contributed by atoms with Gasteiger partial charge in [-0.05, 0) is 0 Å². The minimum atomic E-state index is 0. The van der Waals surface area contributed by atoms with Gasteiger partial charge in [-0.1, -0.05) is 44.6 Å². The van der Waals surface area contributed by atoms with Crippen LogP contribution in [0.4, 0.5) is 0 Å². The maximum Gasteiger partial charge on any atom is 0.0618 e. The van der Waals surface area contributed by atoms with Crippen LogP contribution in [0.2, 0.25) is 6.32 Å². The number of hydrogen-bond acceptors (Lipinski definition) is 0. The predicted molar refractivity (Wildman–Crippen MR) is 60.9 cm³/mol. The Balaban J connectivity index is -0.00000000214. The molecule has 0 nitrogen and oxygen atoms in total. The SMILES string of the molecule is C.C.C.C.C.C.[B]CC[CH2-].[Pa]. The van der Waals surface area contributed by atoms with E-state index in [1.54, 1.807) is 0 Å². The van der Waals surface area contributed by atoms with Crippen molar-refractivity contribution in [3.8, 4) is 0 Å². The standard InChI is InChI=1S/C3H6B.6CH4.Pa/c1-2-3-4;;;;;;;/h1-3H2;6*1H4;/q-1;;;;;;;. The van der Waals surface area contributed by atoms with Gasteiger partial charge in [0.1, 0.15) is 0 Å². The topological polar surface area (TPSA) is 0 Å². The van der Waals surface area contributed by atoms with Gasteiger partial charge in [-0.15, -0.1) is 6.32 Å². The molecule has 0 saturated heterocycles. The van der Waals surface area contributed by atoms with Crippen LogP contribution in [0.25, 0.3) is 0 Å². The van der Waals surface area contributed by atoms with Crippen LogP contribution < -0.4 is 0 Å². The van der Waals surface area contributed by atoms with Crippen LogP contribution >= 0.6 is 0 Å². The molecule has 0 heterocycles. The van der Waals surface area contributed by atoms with Gasteiger partial charge in [0.25, 0.3) is 0 Å². The third-order valence-corrected chi connectivity index (χ3v) is 0.204. The summed E-state index contributed by atoms with van der Waals surface area (Å²) in [5, 5.41) is 0. The van der Waals surface area contributed by atoms with Gasteiger partial charge < -0.3 is 6.92 Å². The summed E-state index contributed by atoms with van der Waals surface area (Å²) in [5.74, 6) is 0. The Bertz CT molecular complexity index is 11.5. The van der Waals surface area contributed by atoms with E-state index in [9.17, 15) is 0 Å². The van der Waals surface area contributed by atoms with Crippen molar-refractivity contribution < 1.29 is 32.3 Å². The fraction of sp³-hybridized carbons (Fsp3) is 0.889. The second-order valence-electron chi connectivity index (χ2n) is 0.642. The van der Waals surface area contributed by atoms with Crippen LogP contribution in [-0.2, 0) is 0 Å². The third kappa shape index (κ3) is 201. The molecule has 0 aromatic rings. The Hall–Kier alpha value is 1.16. The van der Waals surface area contributed by atoms with Gasteiger partial charge in [-0.25, -0.2) is 0 Å². The fourth-order valence-electron chi connectivity index (χ4n) is 0. The van der Waals surface area contributed by atoms with Crippen molar-refractivity contribution >= 4 is 7.85 Å². The minimum Gasteiger partial charge on any atom is -0.344 e. The Labute approximate surface area is 104 Å². The first kappa shape index (κ1) is 87.6. The maximum absolute atomic E-state index is 4.97. The van der Waals surface area contributed by atoms with E-state index >= 15 is 0 Å². The van der Waals surface area contributed by atoms with Gasteiger partial charge in [0.05, 0.1) is 7.85 Å². The molecule has 0 aromatic heterocycles. The average molecular weight is 380 g/mol. The first-order chi connectivity index (χ1) is 1.91. The van der Waals surface area contributed by atoms with E-state index < -0.39 is 0 Å². The fourth-order valence-corrected chi connectivity index (χ4v) is 0. The zero-order valence-electron chi connectivity index (χ0n) is 3.28. The van der Waals surface area contributed by atoms with Gasteiger partial charge >= 0.3 is 0 Å². The molecule has 0 aliphatic rings. The van der Waals surface area contributed by atoms with Gasteiger partial charge in [-0.2, -0.15) is 6.42 Å². The van der Waals surface area contributed by atoms with Crippen LogP contribution in [0.1, 0.15) is 51.0 Å². The normalized spacial score (nSPS) is 2.64. The molecule has 0 N–H and O–H groups in total. The second-order valence-corrected chi connectivity index (χ2v) is 0.642. The van der Waals surface area contributed by atoms with Crippen molar-refractivity contribution in [3.63, 3.8) is 0 Å². The quantitative estimate of drug-likeness (QED) is 0.460. The summed E-state index contributed by atoms with van der Waals surface area (Å²) in [6.45, 7) is 3.48. The van der Waals surface area contributed by atoms with Gasteiger partial charge in [-0.3, -0.25) is 0 Å². The molecule has 0 unspecified atom stereocenters. The monoisotopic (exact) mass is 380 g/mol. The molecule has 0 aromatic carbocycles. The third-order valence-electron chi connectivity index (χ3n) is 0.204. The molecular formula is C9H30BPa-. The minimum absolute atomic E-state index is 0. The van der Waals surface area contributed by atoms with Crippen molar-refractivity contribution in [2.24, 2.45) is 0 Å². The molecule has 0 aliphatic carbocycles. The largest absolute Gasteiger partial charge is 0.344 e. The van der Waals surface area contributed by atoms with Crippen LogP contribution in [-0.4, -0.2) is 7.85 Å². The summed E-state index contributed by atoms with van der Waals surface area (Å²) in [6, 6.07) is 0. The van der Waals surface area contributed by atoms with Crippen molar-refractivity contribution in [2.45, 2.75) is 57.3 Å². The summed E-state index contributed by atoms with van der Waals surface area (Å²) in [5.41, 5.74) is 0. The summed E-state index contributed by atoms with van der Waals surface area (Å²) >= 11 is 0. The smallest absolute Gasteiger partial charge is 0.0618 e. The predicted octanol–water partition coefficient (Wildman–Crippen LogP) is 4.61. The van der Waals surface area contributed by atoms with Crippen molar-refractivity contribution in [2.75, 3.05) is 0 Å². The summed E-state index contributed by atoms with van der Waals surface area (Å²) in [7, 11) is 4.97. The van der Waals surface area contributed by atoms with E-state index in [2.05, 4.69) is 6.92 Å². The van der Waals surface area contributed by atoms with E-state index in [1.165, 1.54) is 0 Å². The zero-order chi connectivity index (χ0) is 3.41. The molecule has 0 fully saturated rings. The first-order valence-corrected chi connectivity index (χ1v) is 1.41. The summed E-state index contributed by atoms with van der Waals surface area (Å²) in [4.78, 5) is 0. The van der Waals surface area contributed by atoms with Crippen LogP contribution in [0.15, 0.2) is 0 Å². The van der Waals surface area contributed by atoms with Gasteiger partial charge in [0.15, 0.2) is 0 Å². The van der Waals surface area contributed by atoms with E-state index in [0.717, 1.165) is 6.42 Å². The molecule has 73 valence electrons. The molecule has 3 radical (unpaired) electrons. The Morgan fingerprint density at radius 3 is 0.909 bits per heavy atom. The average Bonchev–Trinajstić information content (AvgIpc) is 1.37. The Morgan fingerprint density at radius 2 is 0.909 bits per heavy atom. The molecule has 0 spiro atoms. The van der Waals surface area contributed by atoms with Crippen molar-refractivity contribution in [1.82, 2.24) is 0 Å². The number of rotatable bonds is 1. The molecule has 0 saturated carbocycles. The van der Waals surface area contributed by atoms with E-state index in [-0.39, 0.29) is 76.9 Å². The molecule has 2 heteroatoms. The summed E-state index contributed by atoms with van der Waals surface area (Å²) < 4.78 is 0. The molecule has 0 amide bonds. The summed E-state index contributed by atoms with van der Waals surface area (Å²) in [6.07, 6.45) is 1.56. The van der Waals surface area contributed by atoms with Crippen molar-refractivity contribution in [3.05, 3.63) is 6.92 Å². The van der Waals surface area contributed by atoms with Crippen molar-refractivity contribution in [1.29, 1.82) is 0 Å². The molecular weight excluding hydrogens is 350 g/mol. The molecule has 11 heavy (non-hydrogen) atoms. The maximum atomic E-state index is 4.97. The molecule has 0 aliphatic heterocycles. The Kier molecular flexibility index (Phi) is 920. The van der Waals surface area contributed by atoms with E-state index in [4.69, 9.17) is 7.85 Å².